The Morgan fingerprint density at radius 1 is 1.23 bits per heavy atom. The summed E-state index contributed by atoms with van der Waals surface area (Å²) in [5, 5.41) is 1.79. The zero-order valence-corrected chi connectivity index (χ0v) is 15.7. The number of aryl methyl sites for hydroxylation is 2. The van der Waals surface area contributed by atoms with Crippen molar-refractivity contribution < 1.29 is 9.21 Å². The molecule has 1 fully saturated rings. The molecule has 2 heterocycles. The summed E-state index contributed by atoms with van der Waals surface area (Å²) in [5.74, 6) is 0.938. The van der Waals surface area contributed by atoms with Crippen molar-refractivity contribution in [3.05, 3.63) is 65.4 Å². The second kappa shape index (κ2) is 7.00. The van der Waals surface area contributed by atoms with Crippen LogP contribution >= 0.6 is 11.8 Å². The topological polar surface area (TPSA) is 45.8 Å². The molecule has 2 aromatic carbocycles. The summed E-state index contributed by atoms with van der Waals surface area (Å²) in [6.07, 6.45) is 2.02. The van der Waals surface area contributed by atoms with Gasteiger partial charge in [0.25, 0.3) is 0 Å². The van der Waals surface area contributed by atoms with E-state index in [4.69, 9.17) is 9.41 Å². The molecular formula is C21H20N2O2S. The first kappa shape index (κ1) is 16.9. The van der Waals surface area contributed by atoms with E-state index in [1.807, 2.05) is 56.3 Å². The highest BCUT2D eigenvalue weighted by atomic mass is 32.2. The largest absolute Gasteiger partial charge is 0.464 e. The summed E-state index contributed by atoms with van der Waals surface area (Å²) in [7, 11) is 0. The molecule has 4 rings (SSSR count). The summed E-state index contributed by atoms with van der Waals surface area (Å²) in [5.41, 5.74) is 4.93. The third-order valence-electron chi connectivity index (χ3n) is 4.56. The molecule has 0 bridgehead atoms. The van der Waals surface area contributed by atoms with Crippen LogP contribution in [0.3, 0.4) is 0 Å². The van der Waals surface area contributed by atoms with Crippen LogP contribution in [0, 0.1) is 13.8 Å². The Labute approximate surface area is 156 Å². The molecular weight excluding hydrogens is 344 g/mol. The lowest BCUT2D eigenvalue weighted by molar-refractivity contribution is -0.126. The summed E-state index contributed by atoms with van der Waals surface area (Å²) < 4.78 is 5.63. The van der Waals surface area contributed by atoms with E-state index in [-0.39, 0.29) is 5.91 Å². The van der Waals surface area contributed by atoms with E-state index in [0.29, 0.717) is 13.0 Å². The first-order chi connectivity index (χ1) is 12.6. The molecule has 0 saturated carbocycles. The quantitative estimate of drug-likeness (QED) is 0.667. The molecule has 26 heavy (non-hydrogen) atoms. The highest BCUT2D eigenvalue weighted by Gasteiger charge is 2.26. The molecule has 3 aromatic rings. The number of benzene rings is 2. The molecule has 0 N–H and O–H groups in total. The number of para-hydroxylation sites is 1. The highest BCUT2D eigenvalue weighted by molar-refractivity contribution is 8.14. The van der Waals surface area contributed by atoms with Crippen LogP contribution in [0.1, 0.15) is 16.7 Å². The molecule has 1 aliphatic rings. The van der Waals surface area contributed by atoms with Gasteiger partial charge in [0.05, 0.1) is 18.4 Å². The van der Waals surface area contributed by atoms with Crippen molar-refractivity contribution >= 4 is 39.5 Å². The SMILES string of the molecule is Cc1ccc2c(CC(=O)N3CCSC3=Nc3ccccc3C)coc2c1. The number of carbonyl (C=O) groups is 1. The fraction of sp³-hybridized carbons (Fsp3) is 0.238. The highest BCUT2D eigenvalue weighted by Crippen LogP contribution is 2.27. The van der Waals surface area contributed by atoms with Crippen LogP contribution in [0.4, 0.5) is 5.69 Å². The van der Waals surface area contributed by atoms with E-state index < -0.39 is 0 Å². The second-order valence-electron chi connectivity index (χ2n) is 6.51. The van der Waals surface area contributed by atoms with Crippen molar-refractivity contribution in [2.24, 2.45) is 4.99 Å². The summed E-state index contributed by atoms with van der Waals surface area (Å²) >= 11 is 1.63. The Hall–Kier alpha value is -2.53. The maximum Gasteiger partial charge on any atom is 0.233 e. The van der Waals surface area contributed by atoms with Crippen molar-refractivity contribution in [1.82, 2.24) is 4.90 Å². The smallest absolute Gasteiger partial charge is 0.233 e. The maximum atomic E-state index is 12.9. The summed E-state index contributed by atoms with van der Waals surface area (Å²) in [6, 6.07) is 14.0. The van der Waals surface area contributed by atoms with E-state index in [9.17, 15) is 4.79 Å². The van der Waals surface area contributed by atoms with Gasteiger partial charge in [-0.1, -0.05) is 42.1 Å². The van der Waals surface area contributed by atoms with Gasteiger partial charge in [0.2, 0.25) is 5.91 Å². The van der Waals surface area contributed by atoms with Crippen molar-refractivity contribution in [3.63, 3.8) is 0 Å². The zero-order chi connectivity index (χ0) is 18.1. The predicted molar refractivity (Wildman–Crippen MR) is 107 cm³/mol. The third-order valence-corrected chi connectivity index (χ3v) is 5.52. The Morgan fingerprint density at radius 3 is 2.92 bits per heavy atom. The fourth-order valence-electron chi connectivity index (χ4n) is 3.10. The number of rotatable bonds is 3. The standard InChI is InChI=1S/C21H20N2O2S/c1-14-7-8-17-16(13-25-19(17)11-14)12-20(24)23-9-10-26-21(23)22-18-6-4-3-5-15(18)2/h3-8,11,13H,9-10,12H2,1-2H3. The Kier molecular flexibility index (Phi) is 4.55. The molecule has 1 aromatic heterocycles. The Bertz CT molecular complexity index is 1010. The number of hydrogen-bond acceptors (Lipinski definition) is 4. The molecule has 0 aliphatic carbocycles. The van der Waals surface area contributed by atoms with Gasteiger partial charge in [-0.25, -0.2) is 4.99 Å². The van der Waals surface area contributed by atoms with Gasteiger partial charge < -0.3 is 4.42 Å². The van der Waals surface area contributed by atoms with Gasteiger partial charge in [0, 0.05) is 23.2 Å². The normalized spacial score (nSPS) is 15.9. The second-order valence-corrected chi connectivity index (χ2v) is 7.57. The molecule has 1 saturated heterocycles. The lowest BCUT2D eigenvalue weighted by Gasteiger charge is -2.16. The van der Waals surface area contributed by atoms with Crippen LogP contribution in [-0.2, 0) is 11.2 Å². The van der Waals surface area contributed by atoms with Gasteiger partial charge in [-0.2, -0.15) is 0 Å². The number of hydrogen-bond donors (Lipinski definition) is 0. The lowest BCUT2D eigenvalue weighted by Crippen LogP contribution is -2.32. The van der Waals surface area contributed by atoms with E-state index in [1.165, 1.54) is 0 Å². The fourth-order valence-corrected chi connectivity index (χ4v) is 4.07. The molecule has 5 heteroatoms. The van der Waals surface area contributed by atoms with E-state index in [2.05, 4.69) is 0 Å². The minimum absolute atomic E-state index is 0.0607. The molecule has 132 valence electrons. The van der Waals surface area contributed by atoms with Crippen LogP contribution in [-0.4, -0.2) is 28.3 Å². The third kappa shape index (κ3) is 3.27. The van der Waals surface area contributed by atoms with Gasteiger partial charge in [0.1, 0.15) is 5.58 Å². The van der Waals surface area contributed by atoms with Crippen molar-refractivity contribution in [1.29, 1.82) is 0 Å². The van der Waals surface area contributed by atoms with Crippen molar-refractivity contribution in [2.45, 2.75) is 20.3 Å². The first-order valence-electron chi connectivity index (χ1n) is 8.66. The van der Waals surface area contributed by atoms with Gasteiger partial charge in [-0.05, 0) is 37.1 Å². The molecule has 1 amide bonds. The molecule has 0 spiro atoms. The van der Waals surface area contributed by atoms with Gasteiger partial charge in [-0.3, -0.25) is 9.69 Å². The predicted octanol–water partition coefficient (Wildman–Crippen LogP) is 4.86. The number of aliphatic imine (C=N–C) groups is 1. The average molecular weight is 364 g/mol. The zero-order valence-electron chi connectivity index (χ0n) is 14.9. The number of fused-ring (bicyclic) bond motifs is 1. The van der Waals surface area contributed by atoms with Gasteiger partial charge in [0.15, 0.2) is 5.17 Å². The average Bonchev–Trinajstić information content (AvgIpc) is 3.24. The van der Waals surface area contributed by atoms with Crippen molar-refractivity contribution in [3.8, 4) is 0 Å². The van der Waals surface area contributed by atoms with Gasteiger partial charge >= 0.3 is 0 Å². The number of amides is 1. The van der Waals surface area contributed by atoms with Crippen LogP contribution in [0.15, 0.2) is 58.1 Å². The molecule has 0 radical (unpaired) electrons. The monoisotopic (exact) mass is 364 g/mol. The van der Waals surface area contributed by atoms with Crippen LogP contribution in [0.2, 0.25) is 0 Å². The maximum absolute atomic E-state index is 12.9. The van der Waals surface area contributed by atoms with Crippen molar-refractivity contribution in [2.75, 3.05) is 12.3 Å². The Balaban J connectivity index is 1.58. The molecule has 0 unspecified atom stereocenters. The van der Waals surface area contributed by atoms with E-state index >= 15 is 0 Å². The number of thioether (sulfide) groups is 1. The van der Waals surface area contributed by atoms with Gasteiger partial charge in [-0.15, -0.1) is 0 Å². The molecule has 4 nitrogen and oxygen atoms in total. The number of furan rings is 1. The van der Waals surface area contributed by atoms with Crippen LogP contribution in [0.25, 0.3) is 11.0 Å². The first-order valence-corrected chi connectivity index (χ1v) is 9.64. The van der Waals surface area contributed by atoms with E-state index in [0.717, 1.165) is 44.3 Å². The van der Waals surface area contributed by atoms with Crippen LogP contribution in [0.5, 0.6) is 0 Å². The number of amidine groups is 1. The lowest BCUT2D eigenvalue weighted by atomic mass is 10.1. The summed E-state index contributed by atoms with van der Waals surface area (Å²) in [6.45, 7) is 4.76. The van der Waals surface area contributed by atoms with Crippen LogP contribution < -0.4 is 0 Å². The summed E-state index contributed by atoms with van der Waals surface area (Å²) in [4.78, 5) is 19.4. The molecule has 0 atom stereocenters. The van der Waals surface area contributed by atoms with E-state index in [1.54, 1.807) is 22.9 Å². The number of nitrogens with zero attached hydrogens (tertiary/aromatic N) is 2. The minimum atomic E-state index is 0.0607. The number of carbonyl (C=O) groups excluding carboxylic acids is 1. The molecule has 1 aliphatic heterocycles. The Morgan fingerprint density at radius 2 is 2.08 bits per heavy atom. The minimum Gasteiger partial charge on any atom is -0.464 e.